The van der Waals surface area contributed by atoms with Crippen LogP contribution in [0, 0.1) is 13.8 Å². The van der Waals surface area contributed by atoms with E-state index in [1.165, 1.54) is 0 Å². The molecule has 0 amide bonds. The quantitative estimate of drug-likeness (QED) is 0.378. The standard InChI is InChI=1S/C22H19N7O/c1-13-14(2)28-29-20(13)26-19-10-11-23-22(27-19)24-16-7-5-6-15(12-16)21-25-17-8-3-4-9-18(17)30-21/h3-12H,1-2H3,(H3,23,24,26,27,28,29). The molecule has 3 N–H and O–H groups in total. The fourth-order valence-corrected chi connectivity index (χ4v) is 3.07. The molecule has 0 aliphatic heterocycles. The molecule has 0 unspecified atom stereocenters. The van der Waals surface area contributed by atoms with Crippen LogP contribution >= 0.6 is 0 Å². The number of anilines is 4. The minimum Gasteiger partial charge on any atom is -0.436 e. The molecule has 5 rings (SSSR count). The molecule has 3 aromatic heterocycles. The lowest BCUT2D eigenvalue weighted by Gasteiger charge is -2.08. The normalized spacial score (nSPS) is 11.0. The molecule has 5 aromatic rings. The van der Waals surface area contributed by atoms with Crippen molar-refractivity contribution in [3.05, 3.63) is 72.1 Å². The first-order valence-electron chi connectivity index (χ1n) is 9.50. The highest BCUT2D eigenvalue weighted by Crippen LogP contribution is 2.27. The van der Waals surface area contributed by atoms with Gasteiger partial charge in [-0.1, -0.05) is 18.2 Å². The lowest BCUT2D eigenvalue weighted by molar-refractivity contribution is 0.620. The van der Waals surface area contributed by atoms with Gasteiger partial charge in [0.1, 0.15) is 11.3 Å². The molecule has 8 nitrogen and oxygen atoms in total. The van der Waals surface area contributed by atoms with Crippen LogP contribution in [-0.4, -0.2) is 25.1 Å². The van der Waals surface area contributed by atoms with Crippen LogP contribution in [0.4, 0.5) is 23.3 Å². The van der Waals surface area contributed by atoms with Crippen molar-refractivity contribution >= 4 is 34.4 Å². The van der Waals surface area contributed by atoms with Gasteiger partial charge in [0.05, 0.1) is 0 Å². The summed E-state index contributed by atoms with van der Waals surface area (Å²) in [5.41, 5.74) is 5.36. The number of aromatic amines is 1. The molecule has 0 bridgehead atoms. The summed E-state index contributed by atoms with van der Waals surface area (Å²) in [6, 6.07) is 17.3. The lowest BCUT2D eigenvalue weighted by atomic mass is 10.2. The highest BCUT2D eigenvalue weighted by molar-refractivity contribution is 5.77. The van der Waals surface area contributed by atoms with Gasteiger partial charge in [0.15, 0.2) is 11.4 Å². The highest BCUT2D eigenvalue weighted by Gasteiger charge is 2.10. The van der Waals surface area contributed by atoms with E-state index in [0.717, 1.165) is 39.4 Å². The average Bonchev–Trinajstić information content (AvgIpc) is 3.33. The van der Waals surface area contributed by atoms with E-state index in [1.54, 1.807) is 12.3 Å². The van der Waals surface area contributed by atoms with Crippen LogP contribution in [-0.2, 0) is 0 Å². The fourth-order valence-electron chi connectivity index (χ4n) is 3.07. The zero-order chi connectivity index (χ0) is 20.5. The van der Waals surface area contributed by atoms with Gasteiger partial charge in [-0.3, -0.25) is 5.10 Å². The van der Waals surface area contributed by atoms with E-state index in [-0.39, 0.29) is 0 Å². The van der Waals surface area contributed by atoms with Gasteiger partial charge in [-0.2, -0.15) is 10.1 Å². The molecule has 3 heterocycles. The third kappa shape index (κ3) is 3.46. The number of hydrogen-bond acceptors (Lipinski definition) is 7. The maximum absolute atomic E-state index is 5.87. The van der Waals surface area contributed by atoms with Crippen molar-refractivity contribution in [2.45, 2.75) is 13.8 Å². The van der Waals surface area contributed by atoms with Gasteiger partial charge in [-0.05, 0) is 50.2 Å². The molecular weight excluding hydrogens is 378 g/mol. The number of aryl methyl sites for hydroxylation is 1. The summed E-state index contributed by atoms with van der Waals surface area (Å²) >= 11 is 0. The Balaban J connectivity index is 1.38. The number of nitrogens with zero attached hydrogens (tertiary/aromatic N) is 4. The Morgan fingerprint density at radius 3 is 2.67 bits per heavy atom. The van der Waals surface area contributed by atoms with Crippen molar-refractivity contribution in [2.24, 2.45) is 0 Å². The molecule has 8 heteroatoms. The summed E-state index contributed by atoms with van der Waals surface area (Å²) in [5, 5.41) is 13.7. The SMILES string of the molecule is Cc1[nH]nc(Nc2ccnc(Nc3cccc(-c4nc5ccccc5o4)c3)n2)c1C. The van der Waals surface area contributed by atoms with Crippen molar-refractivity contribution in [2.75, 3.05) is 10.6 Å². The second-order valence-corrected chi connectivity index (χ2v) is 6.91. The monoisotopic (exact) mass is 397 g/mol. The van der Waals surface area contributed by atoms with Crippen LogP contribution in [0.25, 0.3) is 22.6 Å². The Morgan fingerprint density at radius 1 is 0.933 bits per heavy atom. The first kappa shape index (κ1) is 17.9. The second kappa shape index (κ2) is 7.32. The number of benzene rings is 2. The summed E-state index contributed by atoms with van der Waals surface area (Å²) in [6.07, 6.45) is 1.69. The zero-order valence-electron chi connectivity index (χ0n) is 16.5. The highest BCUT2D eigenvalue weighted by atomic mass is 16.3. The molecule has 0 radical (unpaired) electrons. The Hall–Kier alpha value is -4.20. The van der Waals surface area contributed by atoms with E-state index < -0.39 is 0 Å². The average molecular weight is 397 g/mol. The third-order valence-electron chi connectivity index (χ3n) is 4.81. The minimum atomic E-state index is 0.472. The van der Waals surface area contributed by atoms with Crippen LogP contribution < -0.4 is 10.6 Å². The predicted octanol–water partition coefficient (Wildman–Crippen LogP) is 5.11. The number of aromatic nitrogens is 5. The molecule has 0 atom stereocenters. The fraction of sp³-hybridized carbons (Fsp3) is 0.0909. The van der Waals surface area contributed by atoms with Crippen molar-refractivity contribution in [3.8, 4) is 11.5 Å². The molecule has 2 aromatic carbocycles. The number of hydrogen-bond donors (Lipinski definition) is 3. The van der Waals surface area contributed by atoms with Crippen LogP contribution in [0.15, 0.2) is 65.2 Å². The van der Waals surface area contributed by atoms with Crippen LogP contribution in [0.2, 0.25) is 0 Å². The van der Waals surface area contributed by atoms with Crippen molar-refractivity contribution in [1.29, 1.82) is 0 Å². The summed E-state index contributed by atoms with van der Waals surface area (Å²) in [5.74, 6) is 2.44. The van der Waals surface area contributed by atoms with Gasteiger partial charge in [-0.15, -0.1) is 0 Å². The van der Waals surface area contributed by atoms with Crippen molar-refractivity contribution < 1.29 is 4.42 Å². The zero-order valence-corrected chi connectivity index (χ0v) is 16.5. The summed E-state index contributed by atoms with van der Waals surface area (Å²) < 4.78 is 5.87. The van der Waals surface area contributed by atoms with Crippen LogP contribution in [0.5, 0.6) is 0 Å². The second-order valence-electron chi connectivity index (χ2n) is 6.91. The molecular formula is C22H19N7O. The van der Waals surface area contributed by atoms with Gasteiger partial charge in [-0.25, -0.2) is 9.97 Å². The number of nitrogens with one attached hydrogen (secondary N) is 3. The third-order valence-corrected chi connectivity index (χ3v) is 4.81. The maximum Gasteiger partial charge on any atom is 0.229 e. The van der Waals surface area contributed by atoms with Gasteiger partial charge >= 0.3 is 0 Å². The van der Waals surface area contributed by atoms with Gasteiger partial charge in [0.25, 0.3) is 0 Å². The minimum absolute atomic E-state index is 0.472. The number of para-hydroxylation sites is 2. The molecule has 0 spiro atoms. The first-order chi connectivity index (χ1) is 14.7. The molecule has 0 aliphatic carbocycles. The van der Waals surface area contributed by atoms with Gasteiger partial charge < -0.3 is 15.1 Å². The van der Waals surface area contributed by atoms with Crippen LogP contribution in [0.1, 0.15) is 11.3 Å². The molecule has 0 aliphatic rings. The van der Waals surface area contributed by atoms with Crippen molar-refractivity contribution in [1.82, 2.24) is 25.1 Å². The van der Waals surface area contributed by atoms with E-state index in [4.69, 9.17) is 4.42 Å². The van der Waals surface area contributed by atoms with Crippen molar-refractivity contribution in [3.63, 3.8) is 0 Å². The number of oxazole rings is 1. The largest absolute Gasteiger partial charge is 0.436 e. The topological polar surface area (TPSA) is 105 Å². The van der Waals surface area contributed by atoms with Crippen LogP contribution in [0.3, 0.4) is 0 Å². The number of rotatable bonds is 5. The lowest BCUT2D eigenvalue weighted by Crippen LogP contribution is -2.01. The Kier molecular flexibility index (Phi) is 4.36. The summed E-state index contributed by atoms with van der Waals surface area (Å²) in [4.78, 5) is 13.4. The van der Waals surface area contributed by atoms with E-state index in [9.17, 15) is 0 Å². The number of fused-ring (bicyclic) bond motifs is 1. The number of H-pyrrole nitrogens is 1. The molecule has 0 fully saturated rings. The van der Waals surface area contributed by atoms with E-state index in [2.05, 4.69) is 35.8 Å². The summed E-state index contributed by atoms with van der Waals surface area (Å²) in [6.45, 7) is 3.98. The Bertz CT molecular complexity index is 1310. The van der Waals surface area contributed by atoms with E-state index in [0.29, 0.717) is 17.7 Å². The first-order valence-corrected chi connectivity index (χ1v) is 9.50. The van der Waals surface area contributed by atoms with E-state index in [1.807, 2.05) is 62.4 Å². The van der Waals surface area contributed by atoms with Gasteiger partial charge in [0.2, 0.25) is 11.8 Å². The molecule has 0 saturated heterocycles. The summed E-state index contributed by atoms with van der Waals surface area (Å²) in [7, 11) is 0. The Morgan fingerprint density at radius 2 is 1.83 bits per heavy atom. The Labute approximate surface area is 172 Å². The molecule has 30 heavy (non-hydrogen) atoms. The van der Waals surface area contributed by atoms with E-state index >= 15 is 0 Å². The molecule has 0 saturated carbocycles. The molecule has 148 valence electrons. The smallest absolute Gasteiger partial charge is 0.229 e. The predicted molar refractivity (Wildman–Crippen MR) is 116 cm³/mol. The maximum atomic E-state index is 5.87. The van der Waals surface area contributed by atoms with Gasteiger partial charge in [0, 0.05) is 28.7 Å².